The van der Waals surface area contributed by atoms with Gasteiger partial charge in [0.15, 0.2) is 0 Å². The first-order chi connectivity index (χ1) is 9.24. The maximum absolute atomic E-state index is 11.5. The van der Waals surface area contributed by atoms with Crippen LogP contribution in [0.15, 0.2) is 29.1 Å². The Labute approximate surface area is 116 Å². The Balaban J connectivity index is 1.74. The number of carbonyl (C=O) groups is 1. The largest absolute Gasteiger partial charge is 0.379 e. The molecule has 19 heavy (non-hydrogen) atoms. The van der Waals surface area contributed by atoms with E-state index in [9.17, 15) is 4.79 Å². The standard InChI is InChI=1S/C14H15N3OS/c1-10(18)17-5-4-11-6-12(2-3-14(11)17)15-7-13-8-19-9-16-13/h2-3,6,8-9,15H,4-5,7H2,1H3. The zero-order valence-corrected chi connectivity index (χ0v) is 11.5. The van der Waals surface area contributed by atoms with Gasteiger partial charge in [-0.2, -0.15) is 0 Å². The molecule has 1 amide bonds. The van der Waals surface area contributed by atoms with Gasteiger partial charge in [0.05, 0.1) is 17.7 Å². The smallest absolute Gasteiger partial charge is 0.223 e. The van der Waals surface area contributed by atoms with Crippen molar-refractivity contribution in [3.8, 4) is 0 Å². The molecule has 0 radical (unpaired) electrons. The number of benzene rings is 1. The molecule has 0 bridgehead atoms. The van der Waals surface area contributed by atoms with Crippen LogP contribution in [0, 0.1) is 0 Å². The Bertz CT molecular complexity index is 595. The lowest BCUT2D eigenvalue weighted by Gasteiger charge is -2.15. The molecular weight excluding hydrogens is 258 g/mol. The SMILES string of the molecule is CC(=O)N1CCc2cc(NCc3cscn3)ccc21. The van der Waals surface area contributed by atoms with E-state index < -0.39 is 0 Å². The molecule has 0 aliphatic carbocycles. The van der Waals surface area contributed by atoms with Crippen molar-refractivity contribution in [2.75, 3.05) is 16.8 Å². The molecule has 2 heterocycles. The molecule has 98 valence electrons. The van der Waals surface area contributed by atoms with Crippen molar-refractivity contribution in [1.29, 1.82) is 0 Å². The summed E-state index contributed by atoms with van der Waals surface area (Å²) in [6.07, 6.45) is 0.932. The molecule has 1 aliphatic rings. The van der Waals surface area contributed by atoms with E-state index in [4.69, 9.17) is 0 Å². The van der Waals surface area contributed by atoms with Crippen molar-refractivity contribution < 1.29 is 4.79 Å². The summed E-state index contributed by atoms with van der Waals surface area (Å²) in [5.74, 6) is 0.113. The molecule has 1 aliphatic heterocycles. The fourth-order valence-electron chi connectivity index (χ4n) is 2.36. The maximum atomic E-state index is 11.5. The normalized spacial score (nSPS) is 13.4. The number of carbonyl (C=O) groups excluding carboxylic acids is 1. The molecule has 1 N–H and O–H groups in total. The average molecular weight is 273 g/mol. The average Bonchev–Trinajstić information content (AvgIpc) is 3.05. The summed E-state index contributed by atoms with van der Waals surface area (Å²) in [5.41, 5.74) is 6.25. The summed E-state index contributed by atoms with van der Waals surface area (Å²) in [5, 5.41) is 5.40. The summed E-state index contributed by atoms with van der Waals surface area (Å²) in [6.45, 7) is 3.14. The quantitative estimate of drug-likeness (QED) is 0.935. The number of amides is 1. The fourth-order valence-corrected chi connectivity index (χ4v) is 2.91. The lowest BCUT2D eigenvalue weighted by Crippen LogP contribution is -2.25. The first kappa shape index (κ1) is 12.2. The zero-order valence-electron chi connectivity index (χ0n) is 10.7. The Morgan fingerprint density at radius 2 is 2.42 bits per heavy atom. The van der Waals surface area contributed by atoms with Crippen LogP contribution < -0.4 is 10.2 Å². The van der Waals surface area contributed by atoms with Crippen molar-refractivity contribution in [1.82, 2.24) is 4.98 Å². The molecule has 0 saturated heterocycles. The van der Waals surface area contributed by atoms with Crippen LogP contribution in [0.3, 0.4) is 0 Å². The number of nitrogens with one attached hydrogen (secondary N) is 1. The lowest BCUT2D eigenvalue weighted by atomic mass is 10.1. The molecule has 1 aromatic heterocycles. The van der Waals surface area contributed by atoms with E-state index in [1.807, 2.05) is 27.9 Å². The van der Waals surface area contributed by atoms with Gasteiger partial charge in [0.1, 0.15) is 0 Å². The predicted molar refractivity (Wildman–Crippen MR) is 77.6 cm³/mol. The second-order valence-corrected chi connectivity index (χ2v) is 5.32. The van der Waals surface area contributed by atoms with Gasteiger partial charge < -0.3 is 10.2 Å². The number of aromatic nitrogens is 1. The van der Waals surface area contributed by atoms with Crippen LogP contribution in [-0.4, -0.2) is 17.4 Å². The van der Waals surface area contributed by atoms with Gasteiger partial charge in [-0.25, -0.2) is 4.98 Å². The number of hydrogen-bond acceptors (Lipinski definition) is 4. The highest BCUT2D eigenvalue weighted by Crippen LogP contribution is 2.30. The highest BCUT2D eigenvalue weighted by atomic mass is 32.1. The van der Waals surface area contributed by atoms with Crippen LogP contribution in [0.4, 0.5) is 11.4 Å². The van der Waals surface area contributed by atoms with Crippen LogP contribution in [0.1, 0.15) is 18.2 Å². The molecule has 0 unspecified atom stereocenters. The Hall–Kier alpha value is -1.88. The number of anilines is 2. The van der Waals surface area contributed by atoms with E-state index >= 15 is 0 Å². The zero-order chi connectivity index (χ0) is 13.2. The minimum absolute atomic E-state index is 0.113. The Morgan fingerprint density at radius 1 is 1.53 bits per heavy atom. The Kier molecular flexibility index (Phi) is 3.21. The van der Waals surface area contributed by atoms with Crippen LogP contribution in [-0.2, 0) is 17.8 Å². The summed E-state index contributed by atoms with van der Waals surface area (Å²) >= 11 is 1.60. The number of thiazole rings is 1. The van der Waals surface area contributed by atoms with Gasteiger partial charge in [0, 0.05) is 30.2 Å². The van der Waals surface area contributed by atoms with Gasteiger partial charge in [-0.3, -0.25) is 4.79 Å². The van der Waals surface area contributed by atoms with E-state index in [-0.39, 0.29) is 5.91 Å². The topological polar surface area (TPSA) is 45.2 Å². The molecule has 3 rings (SSSR count). The first-order valence-corrected chi connectivity index (χ1v) is 7.20. The van der Waals surface area contributed by atoms with Crippen molar-refractivity contribution >= 4 is 28.6 Å². The molecule has 0 spiro atoms. The van der Waals surface area contributed by atoms with Gasteiger partial charge in [0.25, 0.3) is 0 Å². The van der Waals surface area contributed by atoms with E-state index in [0.29, 0.717) is 0 Å². The predicted octanol–water partition coefficient (Wildman–Crippen LogP) is 2.66. The summed E-state index contributed by atoms with van der Waals surface area (Å²) in [7, 11) is 0. The second-order valence-electron chi connectivity index (χ2n) is 4.60. The third-order valence-corrected chi connectivity index (χ3v) is 3.95. The van der Waals surface area contributed by atoms with Gasteiger partial charge in [-0.1, -0.05) is 0 Å². The minimum Gasteiger partial charge on any atom is -0.379 e. The first-order valence-electron chi connectivity index (χ1n) is 6.26. The second kappa shape index (κ2) is 5.01. The van der Waals surface area contributed by atoms with Crippen molar-refractivity contribution in [3.63, 3.8) is 0 Å². The molecular formula is C14H15N3OS. The van der Waals surface area contributed by atoms with Crippen molar-refractivity contribution in [2.24, 2.45) is 0 Å². The number of hydrogen-bond donors (Lipinski definition) is 1. The number of nitrogens with zero attached hydrogens (tertiary/aromatic N) is 2. The van der Waals surface area contributed by atoms with Crippen LogP contribution in [0.2, 0.25) is 0 Å². The van der Waals surface area contributed by atoms with Gasteiger partial charge in [-0.05, 0) is 30.2 Å². The van der Waals surface area contributed by atoms with Crippen LogP contribution >= 0.6 is 11.3 Å². The number of rotatable bonds is 3. The van der Waals surface area contributed by atoms with Crippen molar-refractivity contribution in [3.05, 3.63) is 40.3 Å². The molecule has 4 nitrogen and oxygen atoms in total. The van der Waals surface area contributed by atoms with E-state index in [0.717, 1.165) is 36.6 Å². The number of fused-ring (bicyclic) bond motifs is 1. The minimum atomic E-state index is 0.113. The molecule has 1 aromatic carbocycles. The molecule has 2 aromatic rings. The van der Waals surface area contributed by atoms with Gasteiger partial charge in [0.2, 0.25) is 5.91 Å². The monoisotopic (exact) mass is 273 g/mol. The van der Waals surface area contributed by atoms with E-state index in [1.54, 1.807) is 18.3 Å². The highest BCUT2D eigenvalue weighted by molar-refractivity contribution is 7.07. The molecule has 5 heteroatoms. The Morgan fingerprint density at radius 3 is 3.16 bits per heavy atom. The summed E-state index contributed by atoms with van der Waals surface area (Å²) in [4.78, 5) is 17.6. The summed E-state index contributed by atoms with van der Waals surface area (Å²) < 4.78 is 0. The van der Waals surface area contributed by atoms with Crippen LogP contribution in [0.5, 0.6) is 0 Å². The maximum Gasteiger partial charge on any atom is 0.223 e. The highest BCUT2D eigenvalue weighted by Gasteiger charge is 2.21. The lowest BCUT2D eigenvalue weighted by molar-refractivity contribution is -0.116. The third-order valence-electron chi connectivity index (χ3n) is 3.31. The van der Waals surface area contributed by atoms with Gasteiger partial charge in [-0.15, -0.1) is 11.3 Å². The van der Waals surface area contributed by atoms with Crippen molar-refractivity contribution in [2.45, 2.75) is 19.9 Å². The van der Waals surface area contributed by atoms with Gasteiger partial charge >= 0.3 is 0 Å². The molecule has 0 atom stereocenters. The van der Waals surface area contributed by atoms with E-state index in [1.165, 1.54) is 5.56 Å². The van der Waals surface area contributed by atoms with Crippen LogP contribution in [0.25, 0.3) is 0 Å². The van der Waals surface area contributed by atoms with E-state index in [2.05, 4.69) is 16.4 Å². The molecule has 0 fully saturated rings. The molecule has 0 saturated carbocycles. The fraction of sp³-hybridized carbons (Fsp3) is 0.286. The summed E-state index contributed by atoms with van der Waals surface area (Å²) in [6, 6.07) is 6.17. The third kappa shape index (κ3) is 2.46.